The first-order valence-electron chi connectivity index (χ1n) is 7.31. The van der Waals surface area contributed by atoms with E-state index in [-0.39, 0.29) is 16.9 Å². The molecule has 1 rings (SSSR count). The molecule has 1 atom stereocenters. The summed E-state index contributed by atoms with van der Waals surface area (Å²) in [5.74, 6) is 0.349. The molecule has 2 heteroatoms. The number of hydrogen-bond donors (Lipinski definition) is 1. The van der Waals surface area contributed by atoms with Crippen LogP contribution in [-0.2, 0) is 4.79 Å². The van der Waals surface area contributed by atoms with Crippen LogP contribution in [0, 0.1) is 16.2 Å². The van der Waals surface area contributed by atoms with E-state index in [0.717, 1.165) is 13.0 Å². The molecule has 1 fully saturated rings. The van der Waals surface area contributed by atoms with Gasteiger partial charge in [-0.3, -0.25) is 4.79 Å². The molecule has 18 heavy (non-hydrogen) atoms. The minimum atomic E-state index is -0.257. The highest BCUT2D eigenvalue weighted by Crippen LogP contribution is 2.60. The maximum Gasteiger partial charge on any atom is 0.155 e. The van der Waals surface area contributed by atoms with Crippen molar-refractivity contribution in [3.63, 3.8) is 0 Å². The van der Waals surface area contributed by atoms with Gasteiger partial charge in [0.05, 0.1) is 6.04 Å². The lowest BCUT2D eigenvalue weighted by atomic mass is 9.70. The number of carbonyl (C=O) groups is 1. The number of Topliss-reactive ketones (excluding diaryl/α,β-unsaturated/α-hetero) is 1. The van der Waals surface area contributed by atoms with Crippen molar-refractivity contribution in [3.05, 3.63) is 0 Å². The second-order valence-corrected chi connectivity index (χ2v) is 7.87. The molecule has 0 aromatic rings. The largest absolute Gasteiger partial charge is 0.308 e. The summed E-state index contributed by atoms with van der Waals surface area (Å²) in [6, 6.07) is 0.00225. The van der Waals surface area contributed by atoms with Gasteiger partial charge in [-0.2, -0.15) is 0 Å². The maximum absolute atomic E-state index is 12.5. The van der Waals surface area contributed by atoms with Crippen LogP contribution in [0.25, 0.3) is 0 Å². The third kappa shape index (κ3) is 3.34. The van der Waals surface area contributed by atoms with Gasteiger partial charge >= 0.3 is 0 Å². The Morgan fingerprint density at radius 1 is 1.22 bits per heavy atom. The monoisotopic (exact) mass is 253 g/mol. The first-order chi connectivity index (χ1) is 8.03. The number of ketones is 1. The van der Waals surface area contributed by atoms with Gasteiger partial charge in [0.1, 0.15) is 0 Å². The fourth-order valence-electron chi connectivity index (χ4n) is 2.65. The van der Waals surface area contributed by atoms with E-state index in [0.29, 0.717) is 11.2 Å². The predicted octanol–water partition coefficient (Wildman–Crippen LogP) is 3.80. The Balaban J connectivity index is 2.78. The van der Waals surface area contributed by atoms with Gasteiger partial charge in [0.15, 0.2) is 5.78 Å². The van der Waals surface area contributed by atoms with E-state index in [4.69, 9.17) is 0 Å². The molecule has 0 saturated heterocycles. The zero-order chi connectivity index (χ0) is 14.2. The molecule has 1 aliphatic rings. The summed E-state index contributed by atoms with van der Waals surface area (Å²) < 4.78 is 0. The number of hydrogen-bond acceptors (Lipinski definition) is 2. The Kier molecular flexibility index (Phi) is 4.32. The molecule has 0 aliphatic heterocycles. The average molecular weight is 253 g/mol. The standard InChI is InChI=1S/C16H31NO/c1-8-17-12(13(18)14(2,3)4)11-15(5,6)16(7)9-10-16/h12,17H,8-11H2,1-7H3. The normalized spacial score (nSPS) is 20.6. The molecule has 0 spiro atoms. The Labute approximate surface area is 113 Å². The van der Waals surface area contributed by atoms with Crippen molar-refractivity contribution in [3.8, 4) is 0 Å². The van der Waals surface area contributed by atoms with Crippen LogP contribution in [0.5, 0.6) is 0 Å². The van der Waals surface area contributed by atoms with Gasteiger partial charge in [-0.15, -0.1) is 0 Å². The van der Waals surface area contributed by atoms with Crippen LogP contribution in [0.4, 0.5) is 0 Å². The van der Waals surface area contributed by atoms with E-state index in [1.54, 1.807) is 0 Å². The molecule has 0 bridgehead atoms. The lowest BCUT2D eigenvalue weighted by Crippen LogP contribution is -2.46. The second-order valence-electron chi connectivity index (χ2n) is 7.87. The Morgan fingerprint density at radius 2 is 1.72 bits per heavy atom. The van der Waals surface area contributed by atoms with Crippen molar-refractivity contribution >= 4 is 5.78 Å². The van der Waals surface area contributed by atoms with Gasteiger partial charge in [0, 0.05) is 5.41 Å². The third-order valence-corrected chi connectivity index (χ3v) is 4.85. The van der Waals surface area contributed by atoms with Crippen molar-refractivity contribution in [2.45, 2.75) is 73.8 Å². The number of carbonyl (C=O) groups excluding carboxylic acids is 1. The molecule has 106 valence electrons. The third-order valence-electron chi connectivity index (χ3n) is 4.85. The summed E-state index contributed by atoms with van der Waals surface area (Å²) in [4.78, 5) is 12.5. The number of nitrogens with one attached hydrogen (secondary N) is 1. The van der Waals surface area contributed by atoms with E-state index in [2.05, 4.69) is 33.0 Å². The Morgan fingerprint density at radius 3 is 2.06 bits per heavy atom. The molecule has 2 nitrogen and oxygen atoms in total. The highest BCUT2D eigenvalue weighted by molar-refractivity contribution is 5.88. The summed E-state index contributed by atoms with van der Waals surface area (Å²) in [7, 11) is 0. The lowest BCUT2D eigenvalue weighted by molar-refractivity contribution is -0.129. The van der Waals surface area contributed by atoms with Crippen LogP contribution < -0.4 is 5.32 Å². The number of rotatable bonds is 6. The van der Waals surface area contributed by atoms with Crippen molar-refractivity contribution in [1.82, 2.24) is 5.32 Å². The zero-order valence-corrected chi connectivity index (χ0v) is 13.3. The minimum absolute atomic E-state index is 0.00225. The van der Waals surface area contributed by atoms with Crippen molar-refractivity contribution in [1.29, 1.82) is 0 Å². The van der Waals surface area contributed by atoms with Crippen LogP contribution in [0.15, 0.2) is 0 Å². The van der Waals surface area contributed by atoms with Gasteiger partial charge in [-0.05, 0) is 36.6 Å². The molecule has 0 aromatic carbocycles. The summed E-state index contributed by atoms with van der Waals surface area (Å²) >= 11 is 0. The van der Waals surface area contributed by atoms with Crippen LogP contribution >= 0.6 is 0 Å². The minimum Gasteiger partial charge on any atom is -0.308 e. The van der Waals surface area contributed by atoms with E-state index in [9.17, 15) is 4.79 Å². The Bertz CT molecular complexity index is 308. The molecule has 1 unspecified atom stereocenters. The lowest BCUT2D eigenvalue weighted by Gasteiger charge is -2.37. The van der Waals surface area contributed by atoms with Gasteiger partial charge in [0.2, 0.25) is 0 Å². The molecule has 0 heterocycles. The molecule has 0 aromatic heterocycles. The van der Waals surface area contributed by atoms with Crippen LogP contribution in [0.1, 0.15) is 67.7 Å². The van der Waals surface area contributed by atoms with Gasteiger partial charge < -0.3 is 5.32 Å². The van der Waals surface area contributed by atoms with Gasteiger partial charge in [-0.25, -0.2) is 0 Å². The molecular formula is C16H31NO. The summed E-state index contributed by atoms with van der Waals surface area (Å²) in [5.41, 5.74) is 0.424. The first-order valence-corrected chi connectivity index (χ1v) is 7.31. The molecule has 0 amide bonds. The van der Waals surface area contributed by atoms with E-state index in [1.165, 1.54) is 12.8 Å². The van der Waals surface area contributed by atoms with E-state index < -0.39 is 0 Å². The summed E-state index contributed by atoms with van der Waals surface area (Å²) in [6.07, 6.45) is 3.57. The summed E-state index contributed by atoms with van der Waals surface area (Å²) in [6.45, 7) is 16.0. The van der Waals surface area contributed by atoms with Crippen LogP contribution in [0.3, 0.4) is 0 Å². The highest BCUT2D eigenvalue weighted by Gasteiger charge is 2.51. The quantitative estimate of drug-likeness (QED) is 0.780. The molecule has 1 N–H and O–H groups in total. The van der Waals surface area contributed by atoms with Gasteiger partial charge in [-0.1, -0.05) is 48.5 Å². The summed E-state index contributed by atoms with van der Waals surface area (Å²) in [5, 5.41) is 3.40. The smallest absolute Gasteiger partial charge is 0.155 e. The second kappa shape index (κ2) is 4.96. The molecule has 1 aliphatic carbocycles. The molecular weight excluding hydrogens is 222 g/mol. The molecule has 0 radical (unpaired) electrons. The first kappa shape index (κ1) is 15.7. The number of likely N-dealkylation sites (N-methyl/N-ethyl adjacent to an activating group) is 1. The maximum atomic E-state index is 12.5. The van der Waals surface area contributed by atoms with Crippen LogP contribution in [-0.4, -0.2) is 18.4 Å². The SMILES string of the molecule is CCNC(CC(C)(C)C1(C)CC1)C(=O)C(C)(C)C. The van der Waals surface area contributed by atoms with Crippen molar-refractivity contribution < 1.29 is 4.79 Å². The predicted molar refractivity (Wildman–Crippen MR) is 77.7 cm³/mol. The van der Waals surface area contributed by atoms with E-state index >= 15 is 0 Å². The van der Waals surface area contributed by atoms with Gasteiger partial charge in [0.25, 0.3) is 0 Å². The Hall–Kier alpha value is -0.370. The fourth-order valence-corrected chi connectivity index (χ4v) is 2.65. The zero-order valence-electron chi connectivity index (χ0n) is 13.3. The van der Waals surface area contributed by atoms with Crippen molar-refractivity contribution in [2.24, 2.45) is 16.2 Å². The average Bonchev–Trinajstić information content (AvgIpc) is 2.95. The van der Waals surface area contributed by atoms with Crippen molar-refractivity contribution in [2.75, 3.05) is 6.54 Å². The van der Waals surface area contributed by atoms with E-state index in [1.807, 2.05) is 20.8 Å². The van der Waals surface area contributed by atoms with Crippen LogP contribution in [0.2, 0.25) is 0 Å². The molecule has 1 saturated carbocycles. The highest BCUT2D eigenvalue weighted by atomic mass is 16.1. The topological polar surface area (TPSA) is 29.1 Å². The fraction of sp³-hybridized carbons (Fsp3) is 0.938.